The minimum Gasteiger partial charge on any atom is -0.387 e. The van der Waals surface area contributed by atoms with Gasteiger partial charge in [0.05, 0.1) is 11.5 Å². The number of rotatable bonds is 2. The van der Waals surface area contributed by atoms with Crippen molar-refractivity contribution in [3.05, 3.63) is 24.3 Å². The third-order valence-electron chi connectivity index (χ3n) is 2.89. The number of nitrogens with one attached hydrogen (secondary N) is 1. The number of aliphatic imine (C=N–C) groups is 1. The van der Waals surface area contributed by atoms with Crippen LogP contribution in [0.2, 0.25) is 0 Å². The lowest BCUT2D eigenvalue weighted by Gasteiger charge is -2.33. The van der Waals surface area contributed by atoms with Crippen LogP contribution in [0.5, 0.6) is 0 Å². The molecule has 1 aliphatic heterocycles. The van der Waals surface area contributed by atoms with Crippen molar-refractivity contribution in [3.8, 4) is 0 Å². The van der Waals surface area contributed by atoms with Gasteiger partial charge in [0.2, 0.25) is 0 Å². The summed E-state index contributed by atoms with van der Waals surface area (Å²) in [4.78, 5) is 6.62. The Hall–Kier alpha value is -1.55. The highest BCUT2D eigenvalue weighted by Crippen LogP contribution is 2.20. The fraction of sp³-hybridized carbons (Fsp3) is 0.462. The molecule has 1 saturated heterocycles. The van der Waals surface area contributed by atoms with Gasteiger partial charge < -0.3 is 16.0 Å². The van der Waals surface area contributed by atoms with Crippen LogP contribution in [-0.2, 0) is 0 Å². The number of nitrogens with two attached hydrogens (primary N) is 1. The second kappa shape index (κ2) is 5.19. The zero-order chi connectivity index (χ0) is 12.3. The van der Waals surface area contributed by atoms with Gasteiger partial charge in [-0.2, -0.15) is 0 Å². The first-order valence-corrected chi connectivity index (χ1v) is 6.04. The SMILES string of the molecule is CC(N)=Nc1ccc(N2CCNC(C)C2)cc1. The molecule has 4 heteroatoms. The van der Waals surface area contributed by atoms with Crippen LogP contribution in [0.15, 0.2) is 29.3 Å². The monoisotopic (exact) mass is 232 g/mol. The van der Waals surface area contributed by atoms with Crippen LogP contribution in [-0.4, -0.2) is 31.5 Å². The Balaban J connectivity index is 2.09. The minimum atomic E-state index is 0.549. The summed E-state index contributed by atoms with van der Waals surface area (Å²) >= 11 is 0. The fourth-order valence-electron chi connectivity index (χ4n) is 2.11. The van der Waals surface area contributed by atoms with Crippen molar-refractivity contribution in [2.24, 2.45) is 10.7 Å². The van der Waals surface area contributed by atoms with Crippen molar-refractivity contribution < 1.29 is 0 Å². The van der Waals surface area contributed by atoms with Crippen molar-refractivity contribution in [3.63, 3.8) is 0 Å². The van der Waals surface area contributed by atoms with Gasteiger partial charge in [0.25, 0.3) is 0 Å². The molecule has 1 unspecified atom stereocenters. The van der Waals surface area contributed by atoms with E-state index in [0.29, 0.717) is 11.9 Å². The third-order valence-corrected chi connectivity index (χ3v) is 2.89. The Morgan fingerprint density at radius 2 is 2.12 bits per heavy atom. The number of amidine groups is 1. The van der Waals surface area contributed by atoms with Crippen LogP contribution in [0.4, 0.5) is 11.4 Å². The van der Waals surface area contributed by atoms with Gasteiger partial charge in [-0.3, -0.25) is 0 Å². The minimum absolute atomic E-state index is 0.549. The third kappa shape index (κ3) is 3.20. The lowest BCUT2D eigenvalue weighted by Crippen LogP contribution is -2.49. The van der Waals surface area contributed by atoms with Crippen molar-refractivity contribution in [2.75, 3.05) is 24.5 Å². The van der Waals surface area contributed by atoms with Gasteiger partial charge in [-0.1, -0.05) is 0 Å². The van der Waals surface area contributed by atoms with Gasteiger partial charge in [0.15, 0.2) is 0 Å². The Kier molecular flexibility index (Phi) is 3.64. The van der Waals surface area contributed by atoms with Crippen LogP contribution in [0.25, 0.3) is 0 Å². The second-order valence-corrected chi connectivity index (χ2v) is 4.57. The first-order valence-electron chi connectivity index (χ1n) is 6.04. The van der Waals surface area contributed by atoms with E-state index in [1.165, 1.54) is 5.69 Å². The van der Waals surface area contributed by atoms with E-state index in [2.05, 4.69) is 34.3 Å². The molecule has 0 saturated carbocycles. The normalized spacial score (nSPS) is 21.6. The summed E-state index contributed by atoms with van der Waals surface area (Å²) in [6, 6.07) is 8.80. The molecule has 17 heavy (non-hydrogen) atoms. The van der Waals surface area contributed by atoms with E-state index in [-0.39, 0.29) is 0 Å². The van der Waals surface area contributed by atoms with Gasteiger partial charge in [0, 0.05) is 31.4 Å². The van der Waals surface area contributed by atoms with Crippen LogP contribution >= 0.6 is 0 Å². The van der Waals surface area contributed by atoms with Crippen molar-refractivity contribution in [1.82, 2.24) is 5.32 Å². The predicted octanol–water partition coefficient (Wildman–Crippen LogP) is 1.49. The molecule has 2 rings (SSSR count). The van der Waals surface area contributed by atoms with Gasteiger partial charge in [-0.15, -0.1) is 0 Å². The summed E-state index contributed by atoms with van der Waals surface area (Å²) < 4.78 is 0. The zero-order valence-electron chi connectivity index (χ0n) is 10.5. The predicted molar refractivity (Wildman–Crippen MR) is 73.1 cm³/mol. The Morgan fingerprint density at radius 3 is 2.71 bits per heavy atom. The van der Waals surface area contributed by atoms with E-state index in [1.807, 2.05) is 12.1 Å². The smallest absolute Gasteiger partial charge is 0.0964 e. The molecule has 0 aliphatic carbocycles. The molecular weight excluding hydrogens is 212 g/mol. The summed E-state index contributed by atoms with van der Waals surface area (Å²) in [7, 11) is 0. The van der Waals surface area contributed by atoms with Gasteiger partial charge in [-0.05, 0) is 38.1 Å². The van der Waals surface area contributed by atoms with E-state index >= 15 is 0 Å². The average molecular weight is 232 g/mol. The molecule has 4 nitrogen and oxygen atoms in total. The summed E-state index contributed by atoms with van der Waals surface area (Å²) in [5.74, 6) is 0.591. The molecule has 0 amide bonds. The Labute approximate surface area is 103 Å². The second-order valence-electron chi connectivity index (χ2n) is 4.57. The van der Waals surface area contributed by atoms with Crippen molar-refractivity contribution in [2.45, 2.75) is 19.9 Å². The molecule has 0 spiro atoms. The number of hydrogen-bond acceptors (Lipinski definition) is 3. The van der Waals surface area contributed by atoms with E-state index in [1.54, 1.807) is 6.92 Å². The summed E-state index contributed by atoms with van der Waals surface area (Å²) in [5.41, 5.74) is 7.73. The standard InChI is InChI=1S/C13H20N4/c1-10-9-17(8-7-15-10)13-5-3-12(4-6-13)16-11(2)14/h3-6,10,15H,7-9H2,1-2H3,(H2,14,16). The number of hydrogen-bond donors (Lipinski definition) is 2. The topological polar surface area (TPSA) is 53.6 Å². The Morgan fingerprint density at radius 1 is 1.41 bits per heavy atom. The highest BCUT2D eigenvalue weighted by atomic mass is 15.2. The van der Waals surface area contributed by atoms with Gasteiger partial charge in [-0.25, -0.2) is 4.99 Å². The van der Waals surface area contributed by atoms with E-state index in [4.69, 9.17) is 5.73 Å². The first kappa shape index (κ1) is 11.9. The van der Waals surface area contributed by atoms with Crippen LogP contribution in [0.1, 0.15) is 13.8 Å². The van der Waals surface area contributed by atoms with Gasteiger partial charge >= 0.3 is 0 Å². The van der Waals surface area contributed by atoms with Crippen LogP contribution in [0, 0.1) is 0 Å². The lowest BCUT2D eigenvalue weighted by molar-refractivity contribution is 0.485. The number of piperazine rings is 1. The number of nitrogens with zero attached hydrogens (tertiary/aromatic N) is 2. The van der Waals surface area contributed by atoms with Crippen LogP contribution < -0.4 is 16.0 Å². The molecule has 0 radical (unpaired) electrons. The van der Waals surface area contributed by atoms with Gasteiger partial charge in [0.1, 0.15) is 0 Å². The molecule has 92 valence electrons. The highest BCUT2D eigenvalue weighted by molar-refractivity contribution is 5.80. The molecule has 0 aromatic heterocycles. The maximum atomic E-state index is 5.55. The fourth-order valence-corrected chi connectivity index (χ4v) is 2.11. The number of anilines is 1. The Bertz CT molecular complexity index is 392. The molecule has 1 aromatic rings. The molecule has 1 aliphatic rings. The number of benzene rings is 1. The summed E-state index contributed by atoms with van der Waals surface area (Å²) in [5, 5.41) is 3.44. The average Bonchev–Trinajstić information content (AvgIpc) is 2.29. The maximum absolute atomic E-state index is 5.55. The highest BCUT2D eigenvalue weighted by Gasteiger charge is 2.15. The van der Waals surface area contributed by atoms with Crippen molar-refractivity contribution >= 4 is 17.2 Å². The molecule has 1 aromatic carbocycles. The van der Waals surface area contributed by atoms with E-state index < -0.39 is 0 Å². The van der Waals surface area contributed by atoms with E-state index in [0.717, 1.165) is 25.3 Å². The molecule has 1 fully saturated rings. The molecule has 1 heterocycles. The molecule has 1 atom stereocenters. The largest absolute Gasteiger partial charge is 0.387 e. The van der Waals surface area contributed by atoms with E-state index in [9.17, 15) is 0 Å². The van der Waals surface area contributed by atoms with Crippen molar-refractivity contribution in [1.29, 1.82) is 0 Å². The summed E-state index contributed by atoms with van der Waals surface area (Å²) in [6.45, 7) is 7.17. The van der Waals surface area contributed by atoms with Crippen LogP contribution in [0.3, 0.4) is 0 Å². The quantitative estimate of drug-likeness (QED) is 0.600. The molecule has 3 N–H and O–H groups in total. The zero-order valence-corrected chi connectivity index (χ0v) is 10.5. The molecule has 0 bridgehead atoms. The maximum Gasteiger partial charge on any atom is 0.0964 e. The first-order chi connectivity index (χ1) is 8.15. The molecular formula is C13H20N4. The lowest BCUT2D eigenvalue weighted by atomic mass is 10.2. The summed E-state index contributed by atoms with van der Waals surface area (Å²) in [6.07, 6.45) is 0.